The Hall–Kier alpha value is -3.97. The number of carbonyl (C=O) groups is 3. The summed E-state index contributed by atoms with van der Waals surface area (Å²) >= 11 is 0. The van der Waals surface area contributed by atoms with Gasteiger partial charge in [-0.3, -0.25) is 14.9 Å². The van der Waals surface area contributed by atoms with Crippen LogP contribution in [0.3, 0.4) is 0 Å². The van der Waals surface area contributed by atoms with Crippen LogP contribution in [0.5, 0.6) is 0 Å². The van der Waals surface area contributed by atoms with Crippen LogP contribution in [0, 0.1) is 0 Å². The number of amides is 2. The normalized spacial score (nSPS) is 12.9. The highest BCUT2D eigenvalue weighted by atomic mass is 16.5. The molecule has 178 valence electrons. The number of benzene rings is 3. The number of carbonyl (C=O) groups excluding carboxylic acids is 3. The first-order valence-corrected chi connectivity index (χ1v) is 11.7. The number of aromatic nitrogens is 1. The summed E-state index contributed by atoms with van der Waals surface area (Å²) < 4.78 is 13.2. The highest BCUT2D eigenvalue weighted by molar-refractivity contribution is 6.33. The number of fused-ring (bicyclic) bond motifs is 5. The Kier molecular flexibility index (Phi) is 6.09. The summed E-state index contributed by atoms with van der Waals surface area (Å²) in [6, 6.07) is 17.6. The third kappa shape index (κ3) is 3.88. The molecule has 1 aliphatic heterocycles. The fraction of sp³-hybridized carbons (Fsp3) is 0.250. The molecule has 5 rings (SSSR count). The van der Waals surface area contributed by atoms with Gasteiger partial charge in [-0.25, -0.2) is 4.79 Å². The average molecular weight is 471 g/mol. The highest BCUT2D eigenvalue weighted by Gasteiger charge is 2.38. The van der Waals surface area contributed by atoms with E-state index >= 15 is 0 Å². The lowest BCUT2D eigenvalue weighted by Crippen LogP contribution is -2.21. The van der Waals surface area contributed by atoms with E-state index in [1.165, 1.54) is 0 Å². The minimum absolute atomic E-state index is 0.109. The molecular weight excluding hydrogens is 444 g/mol. The van der Waals surface area contributed by atoms with Crippen LogP contribution < -0.4 is 5.32 Å². The van der Waals surface area contributed by atoms with Gasteiger partial charge in [0.15, 0.2) is 0 Å². The largest absolute Gasteiger partial charge is 0.462 e. The van der Waals surface area contributed by atoms with Crippen LogP contribution in [-0.4, -0.2) is 35.6 Å². The third-order valence-corrected chi connectivity index (χ3v) is 6.43. The van der Waals surface area contributed by atoms with Crippen LogP contribution in [0.25, 0.3) is 21.8 Å². The van der Waals surface area contributed by atoms with E-state index in [1.807, 2.05) is 66.2 Å². The van der Waals surface area contributed by atoms with Crippen LogP contribution in [0.15, 0.2) is 54.6 Å². The van der Waals surface area contributed by atoms with Crippen molar-refractivity contribution >= 4 is 39.6 Å². The Morgan fingerprint density at radius 3 is 2.46 bits per heavy atom. The van der Waals surface area contributed by atoms with Gasteiger partial charge in [-0.15, -0.1) is 0 Å². The predicted molar refractivity (Wildman–Crippen MR) is 133 cm³/mol. The molecule has 0 atom stereocenters. The molecule has 1 aliphatic rings. The number of ether oxygens (including phenoxy) is 2. The van der Waals surface area contributed by atoms with E-state index in [-0.39, 0.29) is 23.3 Å². The molecule has 2 amide bonds. The first-order chi connectivity index (χ1) is 17.0. The van der Waals surface area contributed by atoms with Crippen LogP contribution >= 0.6 is 0 Å². The van der Waals surface area contributed by atoms with Crippen molar-refractivity contribution in [2.45, 2.75) is 26.4 Å². The van der Waals surface area contributed by atoms with Crippen LogP contribution in [-0.2, 0) is 29.5 Å². The van der Waals surface area contributed by atoms with Crippen molar-refractivity contribution in [3.63, 3.8) is 0 Å². The molecule has 7 heteroatoms. The maximum Gasteiger partial charge on any atom is 0.339 e. The lowest BCUT2D eigenvalue weighted by atomic mass is 9.90. The van der Waals surface area contributed by atoms with E-state index < -0.39 is 17.8 Å². The molecule has 0 spiro atoms. The molecule has 1 aromatic heterocycles. The van der Waals surface area contributed by atoms with Crippen molar-refractivity contribution in [2.24, 2.45) is 7.05 Å². The summed E-state index contributed by atoms with van der Waals surface area (Å²) in [5.74, 6) is -1.65. The molecule has 35 heavy (non-hydrogen) atoms. The first-order valence-electron chi connectivity index (χ1n) is 11.7. The van der Waals surface area contributed by atoms with E-state index in [0.29, 0.717) is 37.0 Å². The Morgan fingerprint density at radius 2 is 1.69 bits per heavy atom. The molecule has 3 aromatic carbocycles. The Morgan fingerprint density at radius 1 is 0.971 bits per heavy atom. The number of nitrogens with one attached hydrogen (secondary N) is 1. The van der Waals surface area contributed by atoms with Gasteiger partial charge < -0.3 is 14.0 Å². The molecule has 0 bridgehead atoms. The van der Waals surface area contributed by atoms with Gasteiger partial charge in [0.2, 0.25) is 0 Å². The monoisotopic (exact) mass is 470 g/mol. The maximum absolute atomic E-state index is 13.2. The van der Waals surface area contributed by atoms with Crippen molar-refractivity contribution in [3.8, 4) is 0 Å². The molecule has 2 heterocycles. The average Bonchev–Trinajstić information content (AvgIpc) is 3.32. The lowest BCUT2D eigenvalue weighted by Gasteiger charge is -2.16. The van der Waals surface area contributed by atoms with Crippen LogP contribution in [0.1, 0.15) is 55.5 Å². The first kappa shape index (κ1) is 22.8. The summed E-state index contributed by atoms with van der Waals surface area (Å²) in [5, 5.41) is 3.94. The predicted octanol–water partition coefficient (Wildman–Crippen LogP) is 4.54. The molecule has 0 saturated carbocycles. The third-order valence-electron chi connectivity index (χ3n) is 6.43. The van der Waals surface area contributed by atoms with Gasteiger partial charge in [0, 0.05) is 29.9 Å². The van der Waals surface area contributed by atoms with Gasteiger partial charge in [0.1, 0.15) is 0 Å². The number of rotatable bonds is 8. The number of imide groups is 1. The van der Waals surface area contributed by atoms with Gasteiger partial charge >= 0.3 is 5.97 Å². The van der Waals surface area contributed by atoms with Crippen LogP contribution in [0.4, 0.5) is 0 Å². The van der Waals surface area contributed by atoms with Crippen LogP contribution in [0.2, 0.25) is 0 Å². The van der Waals surface area contributed by atoms with Gasteiger partial charge in [0.25, 0.3) is 11.8 Å². The van der Waals surface area contributed by atoms with Gasteiger partial charge in [-0.05, 0) is 37.0 Å². The van der Waals surface area contributed by atoms with Gasteiger partial charge in [0.05, 0.1) is 35.4 Å². The van der Waals surface area contributed by atoms with Crippen molar-refractivity contribution in [2.75, 3.05) is 13.2 Å². The summed E-state index contributed by atoms with van der Waals surface area (Å²) in [4.78, 5) is 39.0. The van der Waals surface area contributed by atoms with Crippen molar-refractivity contribution in [3.05, 3.63) is 82.4 Å². The minimum atomic E-state index is -0.596. The number of aryl methyl sites for hydroxylation is 2. The van der Waals surface area contributed by atoms with E-state index in [4.69, 9.17) is 9.47 Å². The van der Waals surface area contributed by atoms with E-state index in [0.717, 1.165) is 22.0 Å². The standard InChI is InChI=1S/C28H26N2O5/c1-3-35-28(33)22-19(13-9-15-34-16-17-10-5-4-6-11-17)25-21(23-24(22)27(32)29-26(23)31)18-12-7-8-14-20(18)30(25)2/h4-8,10-12,14H,3,9,13,15-16H2,1-2H3,(H,29,31,32). The zero-order valence-electron chi connectivity index (χ0n) is 19.7. The highest BCUT2D eigenvalue weighted by Crippen LogP contribution is 2.40. The second kappa shape index (κ2) is 9.35. The summed E-state index contributed by atoms with van der Waals surface area (Å²) in [6.45, 7) is 2.85. The summed E-state index contributed by atoms with van der Waals surface area (Å²) in [7, 11) is 1.91. The van der Waals surface area contributed by atoms with Gasteiger partial charge in [-0.1, -0.05) is 48.5 Å². The number of nitrogens with zero attached hydrogens (tertiary/aromatic N) is 1. The SMILES string of the molecule is CCOC(=O)c1c2c(c3c4ccccc4n(C)c3c1CCCOCc1ccccc1)C(=O)NC2=O. The number of hydrogen-bond acceptors (Lipinski definition) is 5. The number of esters is 1. The second-order valence-electron chi connectivity index (χ2n) is 8.55. The summed E-state index contributed by atoms with van der Waals surface area (Å²) in [6.07, 6.45) is 1.11. The number of hydrogen-bond donors (Lipinski definition) is 1. The molecule has 0 radical (unpaired) electrons. The molecule has 0 saturated heterocycles. The smallest absolute Gasteiger partial charge is 0.339 e. The Balaban J connectivity index is 1.62. The van der Waals surface area contributed by atoms with Crippen molar-refractivity contribution in [1.82, 2.24) is 9.88 Å². The molecule has 7 nitrogen and oxygen atoms in total. The fourth-order valence-electron chi connectivity index (χ4n) is 4.99. The molecular formula is C28H26N2O5. The fourth-order valence-corrected chi connectivity index (χ4v) is 4.99. The van der Waals surface area contributed by atoms with E-state index in [1.54, 1.807) is 6.92 Å². The zero-order chi connectivity index (χ0) is 24.5. The maximum atomic E-state index is 13.2. The zero-order valence-corrected chi connectivity index (χ0v) is 19.7. The van der Waals surface area contributed by atoms with E-state index in [2.05, 4.69) is 5.32 Å². The van der Waals surface area contributed by atoms with E-state index in [9.17, 15) is 14.4 Å². The lowest BCUT2D eigenvalue weighted by molar-refractivity contribution is 0.0521. The molecule has 0 unspecified atom stereocenters. The van der Waals surface area contributed by atoms with Crippen molar-refractivity contribution in [1.29, 1.82) is 0 Å². The summed E-state index contributed by atoms with van der Waals surface area (Å²) in [5.41, 5.74) is 3.99. The molecule has 1 N–H and O–H groups in total. The number of para-hydroxylation sites is 1. The Bertz CT molecular complexity index is 1470. The molecule has 4 aromatic rings. The molecule has 0 fully saturated rings. The quantitative estimate of drug-likeness (QED) is 0.232. The molecule has 0 aliphatic carbocycles. The second-order valence-corrected chi connectivity index (χ2v) is 8.55. The van der Waals surface area contributed by atoms with Gasteiger partial charge in [-0.2, -0.15) is 0 Å². The minimum Gasteiger partial charge on any atom is -0.462 e. The topological polar surface area (TPSA) is 86.6 Å². The Labute approximate surface area is 202 Å². The van der Waals surface area contributed by atoms with Crippen molar-refractivity contribution < 1.29 is 23.9 Å².